The number of carboxylic acid groups (broad SMARTS) is 2. The molecule has 1 rings (SSSR count). The predicted octanol–water partition coefficient (Wildman–Crippen LogP) is 0.500. The van der Waals surface area contributed by atoms with Gasteiger partial charge < -0.3 is 20.4 Å². The Kier molecular flexibility index (Phi) is 4.52. The monoisotopic (exact) mass is 258 g/mol. The van der Waals surface area contributed by atoms with Crippen LogP contribution >= 0.6 is 0 Å². The lowest BCUT2D eigenvalue weighted by atomic mass is 9.75. The van der Waals surface area contributed by atoms with Crippen LogP contribution in [0.3, 0.4) is 0 Å². The minimum atomic E-state index is -1.23. The van der Waals surface area contributed by atoms with E-state index in [4.69, 9.17) is 10.2 Å². The van der Waals surface area contributed by atoms with Crippen molar-refractivity contribution in [1.29, 1.82) is 0 Å². The molecular weight excluding hydrogens is 240 g/mol. The molecule has 0 heterocycles. The van der Waals surface area contributed by atoms with Crippen LogP contribution in [-0.4, -0.2) is 51.7 Å². The van der Waals surface area contributed by atoms with Gasteiger partial charge in [-0.1, -0.05) is 6.92 Å². The van der Waals surface area contributed by atoms with Crippen molar-refractivity contribution in [1.82, 2.24) is 10.2 Å². The summed E-state index contributed by atoms with van der Waals surface area (Å²) >= 11 is 0. The molecule has 0 spiro atoms. The lowest BCUT2D eigenvalue weighted by Gasteiger charge is -2.42. The van der Waals surface area contributed by atoms with Gasteiger partial charge in [-0.15, -0.1) is 0 Å². The highest BCUT2D eigenvalue weighted by Gasteiger charge is 2.37. The molecule has 18 heavy (non-hydrogen) atoms. The van der Waals surface area contributed by atoms with E-state index in [1.54, 1.807) is 0 Å². The number of nitrogens with zero attached hydrogens (tertiary/aromatic N) is 1. The van der Waals surface area contributed by atoms with Crippen LogP contribution in [0.25, 0.3) is 0 Å². The van der Waals surface area contributed by atoms with E-state index in [1.165, 1.54) is 0 Å². The average molecular weight is 258 g/mol. The van der Waals surface area contributed by atoms with Gasteiger partial charge in [0.05, 0.1) is 0 Å². The lowest BCUT2D eigenvalue weighted by Crippen LogP contribution is -2.58. The van der Waals surface area contributed by atoms with E-state index in [9.17, 15) is 14.4 Å². The number of nitrogens with one attached hydrogen (secondary N) is 1. The molecule has 0 aromatic carbocycles. The van der Waals surface area contributed by atoms with Crippen LogP contribution in [0.5, 0.6) is 0 Å². The highest BCUT2D eigenvalue weighted by Crippen LogP contribution is 2.34. The first-order valence-electron chi connectivity index (χ1n) is 5.89. The lowest BCUT2D eigenvalue weighted by molar-refractivity contribution is -0.140. The second-order valence-electron chi connectivity index (χ2n) is 4.56. The zero-order valence-electron chi connectivity index (χ0n) is 10.3. The van der Waals surface area contributed by atoms with Crippen molar-refractivity contribution < 1.29 is 24.6 Å². The maximum atomic E-state index is 11.9. The van der Waals surface area contributed by atoms with Crippen molar-refractivity contribution >= 4 is 18.0 Å². The topological polar surface area (TPSA) is 107 Å². The fourth-order valence-electron chi connectivity index (χ4n) is 2.00. The van der Waals surface area contributed by atoms with Gasteiger partial charge in [0.1, 0.15) is 13.1 Å². The van der Waals surface area contributed by atoms with Crippen molar-refractivity contribution in [2.75, 3.05) is 13.1 Å². The third-order valence-electron chi connectivity index (χ3n) is 3.30. The first kappa shape index (κ1) is 14.3. The van der Waals surface area contributed by atoms with Gasteiger partial charge in [-0.25, -0.2) is 4.79 Å². The minimum Gasteiger partial charge on any atom is -0.480 e. The molecule has 1 saturated carbocycles. The summed E-state index contributed by atoms with van der Waals surface area (Å²) in [5, 5.41) is 20.1. The Morgan fingerprint density at radius 1 is 1.17 bits per heavy atom. The van der Waals surface area contributed by atoms with Crippen molar-refractivity contribution in [3.63, 3.8) is 0 Å². The van der Waals surface area contributed by atoms with Crippen LogP contribution in [0.2, 0.25) is 0 Å². The molecule has 2 amide bonds. The first-order chi connectivity index (χ1) is 8.38. The molecule has 3 N–H and O–H groups in total. The van der Waals surface area contributed by atoms with Crippen LogP contribution < -0.4 is 5.32 Å². The predicted molar refractivity (Wildman–Crippen MR) is 62.2 cm³/mol. The number of aliphatic carboxylic acids is 2. The quantitative estimate of drug-likeness (QED) is 0.643. The third kappa shape index (κ3) is 3.61. The fraction of sp³-hybridized carbons (Fsp3) is 0.727. The Morgan fingerprint density at radius 2 is 1.67 bits per heavy atom. The van der Waals surface area contributed by atoms with Gasteiger partial charge >= 0.3 is 18.0 Å². The number of urea groups is 1. The number of hydrogen-bond donors (Lipinski definition) is 3. The van der Waals surface area contributed by atoms with Crippen molar-refractivity contribution in [3.05, 3.63) is 0 Å². The molecule has 0 radical (unpaired) electrons. The molecule has 7 heteroatoms. The molecule has 0 atom stereocenters. The second kappa shape index (κ2) is 5.70. The highest BCUT2D eigenvalue weighted by molar-refractivity contribution is 5.84. The largest absolute Gasteiger partial charge is 0.480 e. The summed E-state index contributed by atoms with van der Waals surface area (Å²) in [6, 6.07) is -0.624. The second-order valence-corrected chi connectivity index (χ2v) is 4.56. The fourth-order valence-corrected chi connectivity index (χ4v) is 2.00. The number of hydrogen-bond acceptors (Lipinski definition) is 3. The van der Waals surface area contributed by atoms with Crippen LogP contribution in [0, 0.1) is 0 Å². The summed E-state index contributed by atoms with van der Waals surface area (Å²) in [5.41, 5.74) is -0.285. The zero-order chi connectivity index (χ0) is 13.8. The Hall–Kier alpha value is -1.79. The third-order valence-corrected chi connectivity index (χ3v) is 3.30. The number of carboxylic acids is 2. The highest BCUT2D eigenvalue weighted by atomic mass is 16.4. The Labute approximate surface area is 105 Å². The molecule has 0 saturated heterocycles. The summed E-state index contributed by atoms with van der Waals surface area (Å²) in [4.78, 5) is 33.9. The van der Waals surface area contributed by atoms with Gasteiger partial charge in [-0.2, -0.15) is 0 Å². The normalized spacial score (nSPS) is 16.5. The standard InChI is InChI=1S/C11H18N2O5/c1-2-11(4-3-5-11)12-10(18)13(6-8(14)15)7-9(16)17/h2-7H2,1H3,(H,12,18)(H,14,15)(H,16,17). The van der Waals surface area contributed by atoms with Gasteiger partial charge in [-0.3, -0.25) is 9.59 Å². The number of carbonyl (C=O) groups excluding carboxylic acids is 1. The van der Waals surface area contributed by atoms with Gasteiger partial charge in [0.2, 0.25) is 0 Å². The zero-order valence-corrected chi connectivity index (χ0v) is 10.3. The molecule has 1 fully saturated rings. The molecule has 0 unspecified atom stereocenters. The summed E-state index contributed by atoms with van der Waals surface area (Å²) in [5.74, 6) is -2.46. The minimum absolute atomic E-state index is 0.285. The molecule has 1 aliphatic rings. The number of rotatable bonds is 6. The molecule has 0 aromatic heterocycles. The smallest absolute Gasteiger partial charge is 0.323 e. The van der Waals surface area contributed by atoms with E-state index >= 15 is 0 Å². The van der Waals surface area contributed by atoms with Gasteiger partial charge in [-0.05, 0) is 25.7 Å². The summed E-state index contributed by atoms with van der Waals surface area (Å²) in [6.45, 7) is 0.716. The Balaban J connectivity index is 2.63. The van der Waals surface area contributed by atoms with E-state index in [2.05, 4.69) is 5.32 Å². The molecule has 7 nitrogen and oxygen atoms in total. The summed E-state index contributed by atoms with van der Waals surface area (Å²) in [6.07, 6.45) is 3.48. The van der Waals surface area contributed by atoms with E-state index in [0.29, 0.717) is 0 Å². The van der Waals surface area contributed by atoms with Crippen LogP contribution in [0.15, 0.2) is 0 Å². The molecule has 0 aromatic rings. The Morgan fingerprint density at radius 3 is 1.94 bits per heavy atom. The van der Waals surface area contributed by atoms with Gasteiger partial charge in [0.25, 0.3) is 0 Å². The van der Waals surface area contributed by atoms with E-state index in [1.807, 2.05) is 6.92 Å². The van der Waals surface area contributed by atoms with Gasteiger partial charge in [0.15, 0.2) is 0 Å². The van der Waals surface area contributed by atoms with Crippen LogP contribution in [-0.2, 0) is 9.59 Å². The van der Waals surface area contributed by atoms with Crippen LogP contribution in [0.4, 0.5) is 4.79 Å². The van der Waals surface area contributed by atoms with E-state index in [-0.39, 0.29) is 5.54 Å². The Bertz CT molecular complexity index is 330. The van der Waals surface area contributed by atoms with E-state index in [0.717, 1.165) is 30.6 Å². The molecular formula is C11H18N2O5. The van der Waals surface area contributed by atoms with E-state index < -0.39 is 31.1 Å². The van der Waals surface area contributed by atoms with Gasteiger partial charge in [0, 0.05) is 5.54 Å². The van der Waals surface area contributed by atoms with Crippen molar-refractivity contribution in [3.8, 4) is 0 Å². The maximum Gasteiger partial charge on any atom is 0.323 e. The molecule has 0 bridgehead atoms. The number of amides is 2. The first-order valence-corrected chi connectivity index (χ1v) is 5.89. The maximum absolute atomic E-state index is 11.9. The average Bonchev–Trinajstić information content (AvgIpc) is 2.20. The van der Waals surface area contributed by atoms with Crippen LogP contribution in [0.1, 0.15) is 32.6 Å². The van der Waals surface area contributed by atoms with Crippen molar-refractivity contribution in [2.24, 2.45) is 0 Å². The molecule has 102 valence electrons. The molecule has 0 aliphatic heterocycles. The molecule has 1 aliphatic carbocycles. The van der Waals surface area contributed by atoms with Crippen molar-refractivity contribution in [2.45, 2.75) is 38.1 Å². The number of carbonyl (C=O) groups is 3. The summed E-state index contributed by atoms with van der Waals surface area (Å²) in [7, 11) is 0. The summed E-state index contributed by atoms with van der Waals surface area (Å²) < 4.78 is 0. The SMILES string of the molecule is CCC1(NC(=O)N(CC(=O)O)CC(=O)O)CCC1.